The molecule has 2 aromatic rings. The first-order chi connectivity index (χ1) is 7.48. The lowest BCUT2D eigenvalue weighted by molar-refractivity contribution is 0.400. The van der Waals surface area contributed by atoms with Gasteiger partial charge in [-0.05, 0) is 32.9 Å². The van der Waals surface area contributed by atoms with E-state index in [2.05, 4.69) is 51.5 Å². The highest BCUT2D eigenvalue weighted by atomic mass is 79.9. The number of hydrogen-bond acceptors (Lipinski definition) is 2. The second kappa shape index (κ2) is 4.01. The van der Waals surface area contributed by atoms with Crippen LogP contribution < -0.4 is 0 Å². The van der Waals surface area contributed by atoms with Gasteiger partial charge in [0.25, 0.3) is 0 Å². The van der Waals surface area contributed by atoms with Crippen LogP contribution in [-0.4, -0.2) is 14.8 Å². The predicted molar refractivity (Wildman–Crippen MR) is 68.2 cm³/mol. The molecule has 0 bridgehead atoms. The average Bonchev–Trinajstić information content (AvgIpc) is 2.66. The molecule has 0 atom stereocenters. The molecule has 16 heavy (non-hydrogen) atoms. The number of nitrogens with zero attached hydrogens (tertiary/aromatic N) is 3. The van der Waals surface area contributed by atoms with Gasteiger partial charge < -0.3 is 4.57 Å². The fourth-order valence-electron chi connectivity index (χ4n) is 1.52. The first-order valence-corrected chi connectivity index (χ1v) is 5.94. The van der Waals surface area contributed by atoms with E-state index < -0.39 is 0 Å². The average molecular weight is 280 g/mol. The van der Waals surface area contributed by atoms with Crippen LogP contribution in [-0.2, 0) is 5.54 Å². The van der Waals surface area contributed by atoms with Crippen LogP contribution in [0.2, 0.25) is 0 Å². The molecule has 0 saturated heterocycles. The van der Waals surface area contributed by atoms with E-state index in [1.807, 2.05) is 24.3 Å². The Hall–Kier alpha value is -1.16. The van der Waals surface area contributed by atoms with E-state index >= 15 is 0 Å². The minimum Gasteiger partial charge on any atom is -0.308 e. The van der Waals surface area contributed by atoms with E-state index in [1.165, 1.54) is 0 Å². The van der Waals surface area contributed by atoms with Crippen LogP contribution in [0.4, 0.5) is 0 Å². The molecule has 0 aliphatic rings. The molecule has 0 aliphatic heterocycles. The molecule has 1 aromatic carbocycles. The van der Waals surface area contributed by atoms with E-state index in [0.717, 1.165) is 15.9 Å². The Morgan fingerprint density at radius 1 is 1.12 bits per heavy atom. The van der Waals surface area contributed by atoms with Crippen molar-refractivity contribution < 1.29 is 0 Å². The zero-order valence-electron chi connectivity index (χ0n) is 9.61. The molecule has 84 valence electrons. The van der Waals surface area contributed by atoms with Gasteiger partial charge in [-0.15, -0.1) is 10.2 Å². The largest absolute Gasteiger partial charge is 0.308 e. The van der Waals surface area contributed by atoms with Gasteiger partial charge in [-0.25, -0.2) is 0 Å². The molecule has 1 heterocycles. The lowest BCUT2D eigenvalue weighted by Gasteiger charge is -2.22. The number of aromatic nitrogens is 3. The van der Waals surface area contributed by atoms with Crippen molar-refractivity contribution in [1.82, 2.24) is 14.8 Å². The van der Waals surface area contributed by atoms with Gasteiger partial charge in [0.05, 0.1) is 0 Å². The summed E-state index contributed by atoms with van der Waals surface area (Å²) in [5, 5.41) is 8.17. The third-order valence-corrected chi connectivity index (χ3v) is 2.90. The van der Waals surface area contributed by atoms with Crippen molar-refractivity contribution in [3.8, 4) is 11.4 Å². The van der Waals surface area contributed by atoms with Crippen molar-refractivity contribution in [3.05, 3.63) is 35.1 Å². The molecule has 1 aromatic heterocycles. The van der Waals surface area contributed by atoms with Gasteiger partial charge in [-0.2, -0.15) is 0 Å². The fraction of sp³-hybridized carbons (Fsp3) is 0.333. The summed E-state index contributed by atoms with van der Waals surface area (Å²) in [6, 6.07) is 8.10. The molecule has 0 amide bonds. The molecule has 0 N–H and O–H groups in total. The quantitative estimate of drug-likeness (QED) is 0.800. The molecule has 2 rings (SSSR count). The van der Waals surface area contributed by atoms with Gasteiger partial charge in [0, 0.05) is 15.6 Å². The van der Waals surface area contributed by atoms with E-state index in [9.17, 15) is 0 Å². The lowest BCUT2D eigenvalue weighted by atomic mass is 10.1. The third kappa shape index (κ3) is 2.16. The smallest absolute Gasteiger partial charge is 0.164 e. The maximum absolute atomic E-state index is 4.18. The zero-order chi connectivity index (χ0) is 11.8. The van der Waals surface area contributed by atoms with Crippen LogP contribution in [0.15, 0.2) is 35.1 Å². The van der Waals surface area contributed by atoms with Gasteiger partial charge in [0.1, 0.15) is 6.33 Å². The second-order valence-electron chi connectivity index (χ2n) is 4.70. The first-order valence-electron chi connectivity index (χ1n) is 5.15. The number of rotatable bonds is 1. The van der Waals surface area contributed by atoms with Crippen molar-refractivity contribution in [2.45, 2.75) is 26.3 Å². The summed E-state index contributed by atoms with van der Waals surface area (Å²) in [5.41, 5.74) is 1.07. The first kappa shape index (κ1) is 11.3. The standard InChI is InChI=1S/C12H14BrN3/c1-12(2,3)16-8-14-15-11(16)9-4-6-10(13)7-5-9/h4-8H,1-3H3. The van der Waals surface area contributed by atoms with Crippen LogP contribution in [0.25, 0.3) is 11.4 Å². The van der Waals surface area contributed by atoms with Crippen molar-refractivity contribution in [3.63, 3.8) is 0 Å². The minimum absolute atomic E-state index is 0.00803. The highest BCUT2D eigenvalue weighted by Crippen LogP contribution is 2.24. The summed E-state index contributed by atoms with van der Waals surface area (Å²) in [6.45, 7) is 6.41. The van der Waals surface area contributed by atoms with Crippen LogP contribution in [0.5, 0.6) is 0 Å². The molecular formula is C12H14BrN3. The summed E-state index contributed by atoms with van der Waals surface area (Å²) >= 11 is 3.42. The monoisotopic (exact) mass is 279 g/mol. The second-order valence-corrected chi connectivity index (χ2v) is 5.62. The highest BCUT2D eigenvalue weighted by molar-refractivity contribution is 9.10. The van der Waals surface area contributed by atoms with Crippen LogP contribution in [0, 0.1) is 0 Å². The molecule has 0 aliphatic carbocycles. The predicted octanol–water partition coefficient (Wildman–Crippen LogP) is 3.46. The molecule has 0 radical (unpaired) electrons. The normalized spacial score (nSPS) is 11.8. The molecule has 3 nitrogen and oxygen atoms in total. The highest BCUT2D eigenvalue weighted by Gasteiger charge is 2.18. The molecule has 0 saturated carbocycles. The summed E-state index contributed by atoms with van der Waals surface area (Å²) in [6.07, 6.45) is 1.78. The van der Waals surface area contributed by atoms with Gasteiger partial charge in [0.15, 0.2) is 5.82 Å². The number of halogens is 1. The summed E-state index contributed by atoms with van der Waals surface area (Å²) in [5.74, 6) is 0.903. The van der Waals surface area contributed by atoms with Crippen LogP contribution >= 0.6 is 15.9 Å². The molecular weight excluding hydrogens is 266 g/mol. The fourth-order valence-corrected chi connectivity index (χ4v) is 1.79. The topological polar surface area (TPSA) is 30.7 Å². The summed E-state index contributed by atoms with van der Waals surface area (Å²) in [4.78, 5) is 0. The molecule has 0 fully saturated rings. The van der Waals surface area contributed by atoms with Crippen molar-refractivity contribution in [1.29, 1.82) is 0 Å². The Balaban J connectivity index is 2.49. The molecule has 4 heteroatoms. The van der Waals surface area contributed by atoms with E-state index in [4.69, 9.17) is 0 Å². The van der Waals surface area contributed by atoms with Crippen molar-refractivity contribution >= 4 is 15.9 Å². The van der Waals surface area contributed by atoms with Crippen molar-refractivity contribution in [2.75, 3.05) is 0 Å². The Labute approximate surface area is 104 Å². The Morgan fingerprint density at radius 3 is 2.31 bits per heavy atom. The SMILES string of the molecule is CC(C)(C)n1cnnc1-c1ccc(Br)cc1. The van der Waals surface area contributed by atoms with Gasteiger partial charge >= 0.3 is 0 Å². The maximum atomic E-state index is 4.18. The molecule has 0 spiro atoms. The van der Waals surface area contributed by atoms with E-state index in [-0.39, 0.29) is 5.54 Å². The number of benzene rings is 1. The maximum Gasteiger partial charge on any atom is 0.164 e. The van der Waals surface area contributed by atoms with Crippen LogP contribution in [0.1, 0.15) is 20.8 Å². The Kier molecular flexibility index (Phi) is 2.84. The van der Waals surface area contributed by atoms with Gasteiger partial charge in [0.2, 0.25) is 0 Å². The lowest BCUT2D eigenvalue weighted by Crippen LogP contribution is -2.21. The molecule has 0 unspecified atom stereocenters. The van der Waals surface area contributed by atoms with Crippen molar-refractivity contribution in [2.24, 2.45) is 0 Å². The minimum atomic E-state index is -0.00803. The zero-order valence-corrected chi connectivity index (χ0v) is 11.2. The summed E-state index contributed by atoms with van der Waals surface area (Å²) in [7, 11) is 0. The summed E-state index contributed by atoms with van der Waals surface area (Å²) < 4.78 is 3.15. The van der Waals surface area contributed by atoms with Gasteiger partial charge in [-0.3, -0.25) is 0 Å². The Morgan fingerprint density at radius 2 is 1.75 bits per heavy atom. The van der Waals surface area contributed by atoms with E-state index in [0.29, 0.717) is 0 Å². The van der Waals surface area contributed by atoms with Gasteiger partial charge in [-0.1, -0.05) is 28.1 Å². The Bertz CT molecular complexity index is 480. The van der Waals surface area contributed by atoms with Crippen LogP contribution in [0.3, 0.4) is 0 Å². The third-order valence-electron chi connectivity index (χ3n) is 2.37. The van der Waals surface area contributed by atoms with E-state index in [1.54, 1.807) is 6.33 Å². The number of hydrogen-bond donors (Lipinski definition) is 0.